The minimum atomic E-state index is -4.57. The van der Waals surface area contributed by atoms with Gasteiger partial charge in [0.2, 0.25) is 5.88 Å². The van der Waals surface area contributed by atoms with Crippen molar-refractivity contribution in [3.05, 3.63) is 64.5 Å². The molecular formula is C19H16Cl2F3N3O3. The molecule has 30 heavy (non-hydrogen) atoms. The summed E-state index contributed by atoms with van der Waals surface area (Å²) in [5.41, 5.74) is 2.82. The van der Waals surface area contributed by atoms with Crippen LogP contribution in [0.15, 0.2) is 54.4 Å². The molecule has 2 aromatic carbocycles. The van der Waals surface area contributed by atoms with Crippen molar-refractivity contribution in [2.45, 2.75) is 12.2 Å². The van der Waals surface area contributed by atoms with Gasteiger partial charge in [-0.2, -0.15) is 13.2 Å². The monoisotopic (exact) mass is 461 g/mol. The first-order valence-electron chi connectivity index (χ1n) is 8.54. The van der Waals surface area contributed by atoms with Crippen LogP contribution in [0.25, 0.3) is 0 Å². The molecule has 2 N–H and O–H groups in total. The Kier molecular flexibility index (Phi) is 6.64. The molecule has 11 heteroatoms. The summed E-state index contributed by atoms with van der Waals surface area (Å²) in [5, 5.41) is 4.17. The molecule has 0 radical (unpaired) electrons. The summed E-state index contributed by atoms with van der Waals surface area (Å²) in [5.74, 6) is -0.464. The number of para-hydroxylation sites is 1. The number of hydrogen-bond donors (Lipinski definition) is 2. The molecule has 0 saturated heterocycles. The van der Waals surface area contributed by atoms with Gasteiger partial charge < -0.3 is 14.8 Å². The Labute approximate surface area is 180 Å². The van der Waals surface area contributed by atoms with Crippen molar-refractivity contribution >= 4 is 40.5 Å². The fourth-order valence-electron chi connectivity index (χ4n) is 2.66. The molecule has 2 aromatic rings. The van der Waals surface area contributed by atoms with Gasteiger partial charge in [0.15, 0.2) is 6.61 Å². The van der Waals surface area contributed by atoms with Gasteiger partial charge in [0.25, 0.3) is 5.91 Å². The Bertz CT molecular complexity index is 970. The van der Waals surface area contributed by atoms with Gasteiger partial charge >= 0.3 is 6.18 Å². The largest absolute Gasteiger partial charge is 0.495 e. The number of nitrogens with zero attached hydrogens (tertiary/aromatic N) is 1. The third-order valence-corrected chi connectivity index (χ3v) is 4.59. The van der Waals surface area contributed by atoms with Crippen molar-refractivity contribution in [2.24, 2.45) is 0 Å². The van der Waals surface area contributed by atoms with Gasteiger partial charge in [0.1, 0.15) is 11.8 Å². The predicted octanol–water partition coefficient (Wildman–Crippen LogP) is 4.75. The quantitative estimate of drug-likeness (QED) is 0.649. The highest BCUT2D eigenvalue weighted by atomic mass is 35.5. The maximum absolute atomic E-state index is 13.2. The summed E-state index contributed by atoms with van der Waals surface area (Å²) in [7, 11) is 1.42. The average molecular weight is 462 g/mol. The second-order valence-corrected chi connectivity index (χ2v) is 6.97. The number of amides is 1. The van der Waals surface area contributed by atoms with Gasteiger partial charge in [-0.05, 0) is 30.3 Å². The zero-order valence-electron chi connectivity index (χ0n) is 15.5. The average Bonchev–Trinajstić information content (AvgIpc) is 3.11. The van der Waals surface area contributed by atoms with Gasteiger partial charge in [0.05, 0.1) is 23.5 Å². The second kappa shape index (κ2) is 9.03. The molecule has 0 bridgehead atoms. The van der Waals surface area contributed by atoms with E-state index in [1.54, 1.807) is 24.3 Å². The smallest absolute Gasteiger partial charge is 0.409 e. The summed E-state index contributed by atoms with van der Waals surface area (Å²) in [6, 6.07) is 8.91. The van der Waals surface area contributed by atoms with Crippen LogP contribution >= 0.6 is 23.2 Å². The number of ether oxygens (including phenoxy) is 2. The normalized spacial score (nSPS) is 16.3. The van der Waals surface area contributed by atoms with Crippen molar-refractivity contribution < 1.29 is 27.4 Å². The third kappa shape index (κ3) is 5.10. The zero-order chi connectivity index (χ0) is 21.9. The minimum Gasteiger partial charge on any atom is -0.495 e. The summed E-state index contributed by atoms with van der Waals surface area (Å²) < 4.78 is 50.1. The predicted molar refractivity (Wildman–Crippen MR) is 108 cm³/mol. The Morgan fingerprint density at radius 3 is 2.63 bits per heavy atom. The number of nitrogens with one attached hydrogen (secondary N) is 2. The van der Waals surface area contributed by atoms with E-state index in [0.717, 1.165) is 11.1 Å². The molecule has 3 rings (SSSR count). The van der Waals surface area contributed by atoms with Crippen LogP contribution in [-0.4, -0.2) is 31.8 Å². The molecule has 1 atom stereocenters. The first-order chi connectivity index (χ1) is 14.2. The van der Waals surface area contributed by atoms with Gasteiger partial charge in [0, 0.05) is 11.1 Å². The Balaban J connectivity index is 1.75. The van der Waals surface area contributed by atoms with E-state index in [1.165, 1.54) is 25.3 Å². The highest BCUT2D eigenvalue weighted by molar-refractivity contribution is 6.33. The molecule has 0 aliphatic carbocycles. The van der Waals surface area contributed by atoms with Gasteiger partial charge in [-0.15, -0.1) is 0 Å². The number of carbonyl (C=O) groups is 1. The van der Waals surface area contributed by atoms with E-state index in [4.69, 9.17) is 32.7 Å². The van der Waals surface area contributed by atoms with E-state index in [1.807, 2.05) is 0 Å². The number of hydrogen-bond acceptors (Lipinski definition) is 5. The summed E-state index contributed by atoms with van der Waals surface area (Å²) in [6.45, 7) is -0.561. The number of rotatable bonds is 6. The topological polar surface area (TPSA) is 62.8 Å². The summed E-state index contributed by atoms with van der Waals surface area (Å²) >= 11 is 12.0. The lowest BCUT2D eigenvalue weighted by Crippen LogP contribution is -2.45. The number of carbonyl (C=O) groups excluding carboxylic acids is 1. The fourth-order valence-corrected chi connectivity index (χ4v) is 3.05. The van der Waals surface area contributed by atoms with Crippen LogP contribution in [-0.2, 0) is 9.53 Å². The number of benzene rings is 2. The van der Waals surface area contributed by atoms with Crippen LogP contribution in [0.2, 0.25) is 10.0 Å². The highest BCUT2D eigenvalue weighted by Crippen LogP contribution is 2.34. The number of hydrazine groups is 1. The number of anilines is 2. The lowest BCUT2D eigenvalue weighted by Gasteiger charge is -2.25. The molecule has 1 aliphatic rings. The van der Waals surface area contributed by atoms with Crippen molar-refractivity contribution in [3.63, 3.8) is 0 Å². The Morgan fingerprint density at radius 1 is 1.23 bits per heavy atom. The molecule has 160 valence electrons. The van der Waals surface area contributed by atoms with Crippen LogP contribution in [0.3, 0.4) is 0 Å². The molecule has 0 spiro atoms. The van der Waals surface area contributed by atoms with E-state index in [9.17, 15) is 18.0 Å². The van der Waals surface area contributed by atoms with Crippen molar-refractivity contribution in [3.8, 4) is 5.75 Å². The van der Waals surface area contributed by atoms with E-state index >= 15 is 0 Å². The number of halogens is 5. The molecule has 0 saturated carbocycles. The summed E-state index contributed by atoms with van der Waals surface area (Å²) in [4.78, 5) is 12.3. The number of methoxy groups -OCH3 is 1. The van der Waals surface area contributed by atoms with E-state index in [0.29, 0.717) is 16.5 Å². The van der Waals surface area contributed by atoms with E-state index in [2.05, 4.69) is 10.7 Å². The molecule has 1 aliphatic heterocycles. The Morgan fingerprint density at radius 2 is 1.97 bits per heavy atom. The maximum atomic E-state index is 13.2. The third-order valence-electron chi connectivity index (χ3n) is 4.03. The molecule has 1 unspecified atom stereocenters. The first kappa shape index (κ1) is 22.1. The van der Waals surface area contributed by atoms with Crippen LogP contribution in [0.5, 0.6) is 5.75 Å². The molecular weight excluding hydrogens is 446 g/mol. The van der Waals surface area contributed by atoms with Crippen molar-refractivity contribution in [1.29, 1.82) is 0 Å². The standard InChI is InChI=1S/C19H16Cl2F3N3O3/c1-29-15-7-6-11(20)8-13(15)25-17(28)10-30-18-9-16(19(22,23)24)26-27(18)14-5-3-2-4-12(14)21/h2-9,16,26H,10H2,1H3,(H,25,28). The lowest BCUT2D eigenvalue weighted by atomic mass is 10.3. The van der Waals surface area contributed by atoms with Crippen molar-refractivity contribution in [1.82, 2.24) is 5.43 Å². The first-order valence-corrected chi connectivity index (χ1v) is 9.30. The minimum absolute atomic E-state index is 0.204. The van der Waals surface area contributed by atoms with E-state index in [-0.39, 0.29) is 16.6 Å². The van der Waals surface area contributed by atoms with Crippen LogP contribution in [0.4, 0.5) is 24.5 Å². The fraction of sp³-hybridized carbons (Fsp3) is 0.211. The Hall–Kier alpha value is -2.62. The lowest BCUT2D eigenvalue weighted by molar-refractivity contribution is -0.142. The second-order valence-electron chi connectivity index (χ2n) is 6.12. The van der Waals surface area contributed by atoms with Gasteiger partial charge in [-0.25, -0.2) is 10.4 Å². The highest BCUT2D eigenvalue weighted by Gasteiger charge is 2.44. The van der Waals surface area contributed by atoms with Crippen LogP contribution in [0, 0.1) is 0 Å². The van der Waals surface area contributed by atoms with Crippen molar-refractivity contribution in [2.75, 3.05) is 24.0 Å². The van der Waals surface area contributed by atoms with Crippen LogP contribution in [0.1, 0.15) is 0 Å². The molecule has 1 heterocycles. The molecule has 0 aromatic heterocycles. The van der Waals surface area contributed by atoms with Crippen LogP contribution < -0.4 is 20.5 Å². The molecule has 6 nitrogen and oxygen atoms in total. The molecule has 0 fully saturated rings. The molecule has 1 amide bonds. The zero-order valence-corrected chi connectivity index (χ0v) is 17.0. The number of alkyl halides is 3. The summed E-state index contributed by atoms with van der Waals surface area (Å²) in [6.07, 6.45) is -3.74. The van der Waals surface area contributed by atoms with Gasteiger partial charge in [-0.1, -0.05) is 35.3 Å². The van der Waals surface area contributed by atoms with Gasteiger partial charge in [-0.3, -0.25) is 4.79 Å². The SMILES string of the molecule is COc1ccc(Cl)cc1NC(=O)COC1=CC(C(F)(F)F)NN1c1ccccc1Cl. The van der Waals surface area contributed by atoms with E-state index < -0.39 is 24.7 Å². The maximum Gasteiger partial charge on any atom is 0.409 e.